The molecule has 1 aromatic heterocycles. The zero-order valence-corrected chi connectivity index (χ0v) is 10.1. The Bertz CT molecular complexity index is 453. The second kappa shape index (κ2) is 5.04. The average molecular weight is 282 g/mol. The number of nitrogens with one attached hydrogen (secondary N) is 1. The van der Waals surface area contributed by atoms with E-state index in [1.54, 1.807) is 12.4 Å². The minimum atomic E-state index is 0.790. The van der Waals surface area contributed by atoms with Gasteiger partial charge in [0.05, 0.1) is 6.21 Å². The van der Waals surface area contributed by atoms with E-state index in [-0.39, 0.29) is 0 Å². The zero-order valence-electron chi connectivity index (χ0n) is 7.72. The Balaban J connectivity index is 2.03. The molecule has 3 nitrogen and oxygen atoms in total. The van der Waals surface area contributed by atoms with E-state index in [2.05, 4.69) is 31.4 Å². The van der Waals surface area contributed by atoms with Crippen LogP contribution in [0.5, 0.6) is 0 Å². The maximum absolute atomic E-state index is 4.09. The van der Waals surface area contributed by atoms with Crippen LogP contribution in [-0.4, -0.2) is 11.2 Å². The summed E-state index contributed by atoms with van der Waals surface area (Å²) in [4.78, 5) is 4.05. The molecule has 0 unspecified atom stereocenters. The van der Waals surface area contributed by atoms with Crippen molar-refractivity contribution in [3.05, 3.63) is 45.9 Å². The lowest BCUT2D eigenvalue weighted by molar-refractivity contribution is 1.29. The number of hydrazone groups is 1. The van der Waals surface area contributed by atoms with Gasteiger partial charge in [0.2, 0.25) is 5.13 Å². The highest BCUT2D eigenvalue weighted by atomic mass is 79.9. The summed E-state index contributed by atoms with van der Waals surface area (Å²) in [5.74, 6) is 0. The van der Waals surface area contributed by atoms with Gasteiger partial charge in [0.25, 0.3) is 0 Å². The van der Waals surface area contributed by atoms with Crippen LogP contribution in [0.1, 0.15) is 5.56 Å². The van der Waals surface area contributed by atoms with Crippen LogP contribution in [0, 0.1) is 0 Å². The fourth-order valence-electron chi connectivity index (χ4n) is 1.02. The summed E-state index contributed by atoms with van der Waals surface area (Å²) in [6, 6.07) is 7.90. The third kappa shape index (κ3) is 2.87. The zero-order chi connectivity index (χ0) is 10.5. The first-order valence-corrected chi connectivity index (χ1v) is 5.96. The van der Waals surface area contributed by atoms with Gasteiger partial charge in [-0.3, -0.25) is 5.43 Å². The molecule has 0 spiro atoms. The van der Waals surface area contributed by atoms with E-state index in [4.69, 9.17) is 0 Å². The lowest BCUT2D eigenvalue weighted by Crippen LogP contribution is -1.90. The Kier molecular flexibility index (Phi) is 3.47. The van der Waals surface area contributed by atoms with Crippen LogP contribution >= 0.6 is 27.3 Å². The molecule has 0 amide bonds. The molecule has 1 N–H and O–H groups in total. The van der Waals surface area contributed by atoms with Crippen LogP contribution in [0.4, 0.5) is 5.13 Å². The van der Waals surface area contributed by atoms with Crippen LogP contribution in [0.3, 0.4) is 0 Å². The Labute approximate surface area is 100.0 Å². The lowest BCUT2D eigenvalue weighted by atomic mass is 10.2. The van der Waals surface area contributed by atoms with Crippen molar-refractivity contribution in [3.63, 3.8) is 0 Å². The molecular formula is C10H8BrN3S. The summed E-state index contributed by atoms with van der Waals surface area (Å²) >= 11 is 4.96. The third-order valence-corrected chi connectivity index (χ3v) is 3.10. The molecule has 0 radical (unpaired) electrons. The van der Waals surface area contributed by atoms with Crippen LogP contribution < -0.4 is 5.43 Å². The van der Waals surface area contributed by atoms with Crippen LogP contribution in [0.2, 0.25) is 0 Å². The van der Waals surface area contributed by atoms with Crippen molar-refractivity contribution < 1.29 is 0 Å². The molecule has 2 aromatic rings. The Morgan fingerprint density at radius 3 is 3.00 bits per heavy atom. The van der Waals surface area contributed by atoms with E-state index in [0.29, 0.717) is 0 Å². The molecule has 1 heterocycles. The van der Waals surface area contributed by atoms with Crippen LogP contribution in [-0.2, 0) is 0 Å². The smallest absolute Gasteiger partial charge is 0.203 e. The van der Waals surface area contributed by atoms with Gasteiger partial charge in [-0.15, -0.1) is 11.3 Å². The molecule has 5 heteroatoms. The molecule has 0 atom stereocenters. The first kappa shape index (κ1) is 10.3. The first-order valence-electron chi connectivity index (χ1n) is 4.29. The van der Waals surface area contributed by atoms with E-state index in [9.17, 15) is 0 Å². The number of nitrogens with zero attached hydrogens (tertiary/aromatic N) is 2. The van der Waals surface area contributed by atoms with Crippen LogP contribution in [0.15, 0.2) is 45.4 Å². The molecule has 0 aliphatic rings. The van der Waals surface area contributed by atoms with Gasteiger partial charge in [-0.25, -0.2) is 4.98 Å². The van der Waals surface area contributed by atoms with E-state index in [1.165, 1.54) is 11.3 Å². The quantitative estimate of drug-likeness (QED) is 0.692. The summed E-state index contributed by atoms with van der Waals surface area (Å²) in [7, 11) is 0. The largest absolute Gasteiger partial charge is 0.253 e. The molecule has 1 aromatic carbocycles. The highest BCUT2D eigenvalue weighted by Crippen LogP contribution is 2.14. The van der Waals surface area contributed by atoms with Gasteiger partial charge < -0.3 is 0 Å². The Hall–Kier alpha value is -1.20. The minimum Gasteiger partial charge on any atom is -0.253 e. The predicted molar refractivity (Wildman–Crippen MR) is 67.5 cm³/mol. The maximum atomic E-state index is 4.09. The van der Waals surface area contributed by atoms with Crippen molar-refractivity contribution in [2.45, 2.75) is 0 Å². The monoisotopic (exact) mass is 281 g/mol. The van der Waals surface area contributed by atoms with Crippen molar-refractivity contribution in [2.75, 3.05) is 5.43 Å². The number of hydrogen-bond acceptors (Lipinski definition) is 4. The van der Waals surface area contributed by atoms with E-state index >= 15 is 0 Å². The molecule has 76 valence electrons. The van der Waals surface area contributed by atoms with Crippen molar-refractivity contribution in [1.29, 1.82) is 0 Å². The number of aromatic nitrogens is 1. The predicted octanol–water partition coefficient (Wildman–Crippen LogP) is 3.35. The molecule has 0 fully saturated rings. The summed E-state index contributed by atoms with van der Waals surface area (Å²) < 4.78 is 1.02. The lowest BCUT2D eigenvalue weighted by Gasteiger charge is -1.96. The number of rotatable bonds is 3. The highest BCUT2D eigenvalue weighted by Gasteiger charge is 1.93. The standard InChI is InChI=1S/C10H8BrN3S/c11-9-4-2-1-3-8(9)7-13-14-10-12-5-6-15-10/h1-7H,(H,12,14). The maximum Gasteiger partial charge on any atom is 0.203 e. The fourth-order valence-corrected chi connectivity index (χ4v) is 1.88. The molecule has 15 heavy (non-hydrogen) atoms. The summed E-state index contributed by atoms with van der Waals surface area (Å²) in [6.07, 6.45) is 3.49. The average Bonchev–Trinajstić information content (AvgIpc) is 2.74. The summed E-state index contributed by atoms with van der Waals surface area (Å²) in [6.45, 7) is 0. The van der Waals surface area contributed by atoms with Gasteiger partial charge in [0.15, 0.2) is 0 Å². The van der Waals surface area contributed by atoms with Crippen molar-refractivity contribution >= 4 is 38.6 Å². The minimum absolute atomic E-state index is 0.790. The molecule has 0 saturated carbocycles. The Morgan fingerprint density at radius 1 is 1.40 bits per heavy atom. The third-order valence-electron chi connectivity index (χ3n) is 1.70. The molecule has 0 saturated heterocycles. The molecule has 0 aliphatic heterocycles. The number of thiazole rings is 1. The highest BCUT2D eigenvalue weighted by molar-refractivity contribution is 9.10. The molecule has 0 aliphatic carbocycles. The van der Waals surface area contributed by atoms with Gasteiger partial charge in [0, 0.05) is 21.6 Å². The summed E-state index contributed by atoms with van der Waals surface area (Å²) in [5.41, 5.74) is 3.89. The number of anilines is 1. The van der Waals surface area contributed by atoms with Gasteiger partial charge in [-0.1, -0.05) is 34.1 Å². The second-order valence-electron chi connectivity index (χ2n) is 2.73. The van der Waals surface area contributed by atoms with Gasteiger partial charge in [0.1, 0.15) is 0 Å². The SMILES string of the molecule is Brc1ccccc1C=NNc1nccs1. The molecule has 2 rings (SSSR count). The molecular weight excluding hydrogens is 274 g/mol. The van der Waals surface area contributed by atoms with Gasteiger partial charge >= 0.3 is 0 Å². The molecule has 0 bridgehead atoms. The van der Waals surface area contributed by atoms with Crippen molar-refractivity contribution in [2.24, 2.45) is 5.10 Å². The summed E-state index contributed by atoms with van der Waals surface area (Å²) in [5, 5.41) is 6.78. The number of hydrogen-bond donors (Lipinski definition) is 1. The van der Waals surface area contributed by atoms with Crippen molar-refractivity contribution in [3.8, 4) is 0 Å². The van der Waals surface area contributed by atoms with E-state index in [0.717, 1.165) is 15.2 Å². The second-order valence-corrected chi connectivity index (χ2v) is 4.48. The van der Waals surface area contributed by atoms with Crippen LogP contribution in [0.25, 0.3) is 0 Å². The first-order chi connectivity index (χ1) is 7.36. The Morgan fingerprint density at radius 2 is 2.27 bits per heavy atom. The topological polar surface area (TPSA) is 37.3 Å². The van der Waals surface area contributed by atoms with E-state index < -0.39 is 0 Å². The number of benzene rings is 1. The van der Waals surface area contributed by atoms with Gasteiger partial charge in [-0.2, -0.15) is 5.10 Å². The normalized spacial score (nSPS) is 10.7. The van der Waals surface area contributed by atoms with Gasteiger partial charge in [-0.05, 0) is 6.07 Å². The van der Waals surface area contributed by atoms with E-state index in [1.807, 2.05) is 29.6 Å². The number of halogens is 1. The van der Waals surface area contributed by atoms with Crippen molar-refractivity contribution in [1.82, 2.24) is 4.98 Å². The fraction of sp³-hybridized carbons (Fsp3) is 0.